The molecule has 0 radical (unpaired) electrons. The van der Waals surface area contributed by atoms with Gasteiger partial charge in [-0.05, 0) is 30.2 Å². The van der Waals surface area contributed by atoms with Crippen LogP contribution in [0.1, 0.15) is 17.2 Å². The highest BCUT2D eigenvalue weighted by atomic mass is 32.2. The van der Waals surface area contributed by atoms with E-state index in [2.05, 4.69) is 15.3 Å². The third-order valence-corrected chi connectivity index (χ3v) is 4.70. The quantitative estimate of drug-likeness (QED) is 0.515. The van der Waals surface area contributed by atoms with E-state index >= 15 is 0 Å². The second kappa shape index (κ2) is 8.05. The number of nitrogens with zero attached hydrogens (tertiary/aromatic N) is 1. The number of fused-ring (bicyclic) bond motifs is 1. The zero-order chi connectivity index (χ0) is 18.5. The molecule has 0 aliphatic carbocycles. The molecule has 0 saturated carbocycles. The number of thioether (sulfide) groups is 1. The molecule has 3 rings (SSSR count). The van der Waals surface area contributed by atoms with Crippen molar-refractivity contribution in [2.24, 2.45) is 0 Å². The number of amides is 1. The van der Waals surface area contributed by atoms with Crippen molar-refractivity contribution in [3.8, 4) is 0 Å². The minimum absolute atomic E-state index is 0.138. The number of hydrogen-bond acceptors (Lipinski definition) is 5. The van der Waals surface area contributed by atoms with Crippen molar-refractivity contribution in [1.82, 2.24) is 15.3 Å². The smallest absolute Gasteiger partial charge is 0.333 e. The molecule has 1 heterocycles. The maximum Gasteiger partial charge on any atom is 0.333 e. The fraction of sp³-hybridized carbons (Fsp3) is 0.211. The number of aromatic nitrogens is 2. The molecule has 0 spiro atoms. The Kier molecular flexibility index (Phi) is 5.58. The lowest BCUT2D eigenvalue weighted by atomic mass is 10.1. The predicted octanol–water partition coefficient (Wildman–Crippen LogP) is 2.99. The lowest BCUT2D eigenvalue weighted by Gasteiger charge is -2.16. The number of nitrogens with one attached hydrogen (secondary N) is 2. The van der Waals surface area contributed by atoms with E-state index < -0.39 is 12.0 Å². The second-order valence-electron chi connectivity index (χ2n) is 5.79. The maximum atomic E-state index is 12.3. The van der Waals surface area contributed by atoms with Crippen molar-refractivity contribution in [2.75, 3.05) is 12.9 Å². The van der Waals surface area contributed by atoms with Gasteiger partial charge < -0.3 is 15.0 Å². The minimum Gasteiger partial charge on any atom is -0.467 e. The number of ether oxygens (including phenoxy) is 1. The zero-order valence-corrected chi connectivity index (χ0v) is 15.3. The van der Waals surface area contributed by atoms with Crippen molar-refractivity contribution >= 4 is 34.7 Å². The molecule has 0 aliphatic rings. The highest BCUT2D eigenvalue weighted by Crippen LogP contribution is 2.21. The van der Waals surface area contributed by atoms with Crippen LogP contribution in [-0.4, -0.2) is 34.7 Å². The van der Waals surface area contributed by atoms with Crippen LogP contribution in [-0.2, 0) is 14.3 Å². The Morgan fingerprint density at radius 1 is 1.23 bits per heavy atom. The van der Waals surface area contributed by atoms with E-state index in [1.54, 1.807) is 12.1 Å². The maximum absolute atomic E-state index is 12.3. The van der Waals surface area contributed by atoms with Gasteiger partial charge in [0.15, 0.2) is 11.2 Å². The van der Waals surface area contributed by atoms with Gasteiger partial charge in [0.2, 0.25) is 5.91 Å². The number of rotatable bonds is 6. The number of esters is 1. The summed E-state index contributed by atoms with van der Waals surface area (Å²) in [5.74, 6) is -0.640. The van der Waals surface area contributed by atoms with Gasteiger partial charge >= 0.3 is 5.97 Å². The van der Waals surface area contributed by atoms with Gasteiger partial charge in [-0.1, -0.05) is 48.2 Å². The number of hydrogen-bond donors (Lipinski definition) is 2. The summed E-state index contributed by atoms with van der Waals surface area (Å²) >= 11 is 1.29. The van der Waals surface area contributed by atoms with Gasteiger partial charge in [0, 0.05) is 0 Å². The summed E-state index contributed by atoms with van der Waals surface area (Å²) in [6.45, 7) is 2.01. The molecule has 134 valence electrons. The first kappa shape index (κ1) is 18.0. The van der Waals surface area contributed by atoms with E-state index in [0.29, 0.717) is 10.7 Å². The number of imidazole rings is 1. The molecular formula is C19H19N3O3S. The Morgan fingerprint density at radius 3 is 2.73 bits per heavy atom. The third kappa shape index (κ3) is 4.23. The van der Waals surface area contributed by atoms with Crippen LogP contribution in [0.15, 0.2) is 53.7 Å². The lowest BCUT2D eigenvalue weighted by molar-refractivity contribution is -0.145. The summed E-state index contributed by atoms with van der Waals surface area (Å²) in [6, 6.07) is 14.1. The summed E-state index contributed by atoms with van der Waals surface area (Å²) in [5.41, 5.74) is 3.61. The molecule has 0 aliphatic heterocycles. The van der Waals surface area contributed by atoms with Crippen LogP contribution in [0.3, 0.4) is 0 Å². The molecule has 1 amide bonds. The van der Waals surface area contributed by atoms with Crippen molar-refractivity contribution in [3.63, 3.8) is 0 Å². The number of carbonyl (C=O) groups is 2. The third-order valence-electron chi connectivity index (χ3n) is 3.83. The Labute approximate surface area is 155 Å². The Bertz CT molecular complexity index is 924. The summed E-state index contributed by atoms with van der Waals surface area (Å²) in [4.78, 5) is 32.0. The standard InChI is InChI=1S/C19H19N3O3S/c1-12-8-9-14-15(10-12)21-19(20-14)26-11-16(23)22-17(18(24)25-2)13-6-4-3-5-7-13/h3-10,17H,11H2,1-2H3,(H,20,21)(H,22,23)/t17-/m1/s1. The van der Waals surface area contributed by atoms with E-state index in [1.807, 2.05) is 43.3 Å². The molecule has 6 nitrogen and oxygen atoms in total. The fourth-order valence-electron chi connectivity index (χ4n) is 2.55. The number of carbonyl (C=O) groups excluding carboxylic acids is 2. The topological polar surface area (TPSA) is 84.1 Å². The van der Waals surface area contributed by atoms with Crippen molar-refractivity contribution < 1.29 is 14.3 Å². The number of methoxy groups -OCH3 is 1. The molecule has 2 N–H and O–H groups in total. The number of H-pyrrole nitrogens is 1. The normalized spacial score (nSPS) is 11.9. The van der Waals surface area contributed by atoms with Gasteiger partial charge in [0.05, 0.1) is 23.9 Å². The van der Waals surface area contributed by atoms with Gasteiger partial charge in [-0.15, -0.1) is 0 Å². The number of aryl methyl sites for hydroxylation is 1. The molecule has 0 unspecified atom stereocenters. The Morgan fingerprint density at radius 2 is 2.00 bits per heavy atom. The van der Waals surface area contributed by atoms with Gasteiger partial charge in [-0.3, -0.25) is 4.79 Å². The molecule has 1 aromatic heterocycles. The number of benzene rings is 2. The van der Waals surface area contributed by atoms with Crippen molar-refractivity contribution in [1.29, 1.82) is 0 Å². The van der Waals surface area contributed by atoms with Crippen LogP contribution in [0.25, 0.3) is 11.0 Å². The summed E-state index contributed by atoms with van der Waals surface area (Å²) in [5, 5.41) is 3.38. The largest absolute Gasteiger partial charge is 0.467 e. The Balaban J connectivity index is 1.65. The molecular weight excluding hydrogens is 350 g/mol. The van der Waals surface area contributed by atoms with Crippen molar-refractivity contribution in [2.45, 2.75) is 18.1 Å². The first-order valence-corrected chi connectivity index (χ1v) is 9.06. The van der Waals surface area contributed by atoms with E-state index in [1.165, 1.54) is 18.9 Å². The monoisotopic (exact) mass is 369 g/mol. The molecule has 0 bridgehead atoms. The molecule has 3 aromatic rings. The molecule has 0 fully saturated rings. The van der Waals surface area contributed by atoms with Crippen molar-refractivity contribution in [3.05, 3.63) is 59.7 Å². The minimum atomic E-state index is -0.826. The summed E-state index contributed by atoms with van der Waals surface area (Å²) < 4.78 is 4.80. The average molecular weight is 369 g/mol. The van der Waals surface area contributed by atoms with E-state index in [9.17, 15) is 9.59 Å². The summed E-state index contributed by atoms with van der Waals surface area (Å²) in [7, 11) is 1.30. The highest BCUT2D eigenvalue weighted by Gasteiger charge is 2.23. The first-order chi connectivity index (χ1) is 12.6. The van der Waals surface area contributed by atoms with E-state index in [0.717, 1.165) is 16.6 Å². The SMILES string of the molecule is COC(=O)[C@H](NC(=O)CSc1nc2ccc(C)cc2[nH]1)c1ccccc1. The van der Waals surface area contributed by atoms with Crippen LogP contribution < -0.4 is 5.32 Å². The van der Waals surface area contributed by atoms with Crippen LogP contribution in [0.4, 0.5) is 0 Å². The van der Waals surface area contributed by atoms with E-state index in [4.69, 9.17) is 4.74 Å². The van der Waals surface area contributed by atoms with Crippen LogP contribution in [0.5, 0.6) is 0 Å². The first-order valence-electron chi connectivity index (χ1n) is 8.08. The molecule has 0 saturated heterocycles. The molecule has 7 heteroatoms. The molecule has 2 aromatic carbocycles. The predicted molar refractivity (Wildman–Crippen MR) is 101 cm³/mol. The Hall–Kier alpha value is -2.80. The van der Waals surface area contributed by atoms with Gasteiger partial charge in [-0.25, -0.2) is 9.78 Å². The van der Waals surface area contributed by atoms with Crippen LogP contribution in [0, 0.1) is 6.92 Å². The van der Waals surface area contributed by atoms with Gasteiger partial charge in [0.25, 0.3) is 0 Å². The van der Waals surface area contributed by atoms with Crippen LogP contribution >= 0.6 is 11.8 Å². The van der Waals surface area contributed by atoms with Crippen LogP contribution in [0.2, 0.25) is 0 Å². The molecule has 1 atom stereocenters. The van der Waals surface area contributed by atoms with Gasteiger partial charge in [0.1, 0.15) is 0 Å². The number of aromatic amines is 1. The lowest BCUT2D eigenvalue weighted by Crippen LogP contribution is -2.35. The van der Waals surface area contributed by atoms with Gasteiger partial charge in [-0.2, -0.15) is 0 Å². The molecule has 26 heavy (non-hydrogen) atoms. The zero-order valence-electron chi connectivity index (χ0n) is 14.5. The average Bonchev–Trinajstić information content (AvgIpc) is 3.06. The highest BCUT2D eigenvalue weighted by molar-refractivity contribution is 7.99. The fourth-order valence-corrected chi connectivity index (χ4v) is 3.24. The van der Waals surface area contributed by atoms with E-state index in [-0.39, 0.29) is 11.7 Å². The second-order valence-corrected chi connectivity index (χ2v) is 6.75. The summed E-state index contributed by atoms with van der Waals surface area (Å²) in [6.07, 6.45) is 0.